The number of nitrogens with one attached hydrogen (secondary N) is 1. The number of aromatic nitrogens is 1. The van der Waals surface area contributed by atoms with Crippen molar-refractivity contribution in [2.24, 2.45) is 5.92 Å². The molecule has 4 nitrogen and oxygen atoms in total. The second-order valence-electron chi connectivity index (χ2n) is 8.16. The van der Waals surface area contributed by atoms with Crippen LogP contribution in [0.2, 0.25) is 0 Å². The van der Waals surface area contributed by atoms with E-state index < -0.39 is 0 Å². The molecule has 5 heteroatoms. The number of amides is 1. The van der Waals surface area contributed by atoms with Crippen LogP contribution in [0.3, 0.4) is 0 Å². The minimum absolute atomic E-state index is 0.114. The Hall–Kier alpha value is -2.27. The van der Waals surface area contributed by atoms with Gasteiger partial charge in [0.2, 0.25) is 0 Å². The zero-order valence-electron chi connectivity index (χ0n) is 17.0. The van der Waals surface area contributed by atoms with Gasteiger partial charge in [-0.25, -0.2) is 4.39 Å². The monoisotopic (exact) mass is 383 g/mol. The highest BCUT2D eigenvalue weighted by atomic mass is 19.1. The number of pyridine rings is 1. The Morgan fingerprint density at radius 3 is 2.50 bits per heavy atom. The predicted molar refractivity (Wildman–Crippen MR) is 110 cm³/mol. The fourth-order valence-corrected chi connectivity index (χ4v) is 3.87. The molecule has 0 radical (unpaired) electrons. The zero-order valence-corrected chi connectivity index (χ0v) is 17.0. The van der Waals surface area contributed by atoms with Crippen LogP contribution in [0.1, 0.15) is 59.9 Å². The number of aryl methyl sites for hydroxylation is 1. The van der Waals surface area contributed by atoms with Crippen LogP contribution in [0.15, 0.2) is 36.4 Å². The van der Waals surface area contributed by atoms with Gasteiger partial charge in [-0.05, 0) is 68.6 Å². The van der Waals surface area contributed by atoms with Crippen molar-refractivity contribution in [1.82, 2.24) is 15.2 Å². The number of rotatable bonds is 6. The quantitative estimate of drug-likeness (QED) is 0.809. The molecule has 1 fully saturated rings. The summed E-state index contributed by atoms with van der Waals surface area (Å²) in [7, 11) is 0. The van der Waals surface area contributed by atoms with Crippen molar-refractivity contribution in [2.75, 3.05) is 19.6 Å². The number of halogens is 1. The molecule has 0 atom stereocenters. The van der Waals surface area contributed by atoms with Crippen LogP contribution in [0.5, 0.6) is 0 Å². The molecule has 0 spiro atoms. The van der Waals surface area contributed by atoms with Gasteiger partial charge in [0, 0.05) is 24.7 Å². The molecule has 2 aromatic rings. The largest absolute Gasteiger partial charge is 0.348 e. The van der Waals surface area contributed by atoms with Gasteiger partial charge in [-0.2, -0.15) is 0 Å². The topological polar surface area (TPSA) is 45.2 Å². The number of hydrogen-bond donors (Lipinski definition) is 1. The molecular weight excluding hydrogens is 353 g/mol. The number of benzene rings is 1. The van der Waals surface area contributed by atoms with E-state index in [4.69, 9.17) is 4.98 Å². The Morgan fingerprint density at radius 1 is 1.18 bits per heavy atom. The fraction of sp³-hybridized carbons (Fsp3) is 0.478. The Morgan fingerprint density at radius 2 is 1.86 bits per heavy atom. The summed E-state index contributed by atoms with van der Waals surface area (Å²) < 4.78 is 13.0. The van der Waals surface area contributed by atoms with Crippen LogP contribution >= 0.6 is 0 Å². The van der Waals surface area contributed by atoms with Gasteiger partial charge in [0.05, 0.1) is 11.3 Å². The standard InChI is InChI=1S/C23H30FN3O/c1-16(2)15-27-12-10-19(11-13-27)22-21(9-4-17(3)26-22)23(28)25-14-18-5-7-20(24)8-6-18/h4-9,16,19H,10-15H2,1-3H3,(H,25,28). The van der Waals surface area contributed by atoms with E-state index in [0.29, 0.717) is 23.9 Å². The van der Waals surface area contributed by atoms with Crippen molar-refractivity contribution in [3.63, 3.8) is 0 Å². The van der Waals surface area contributed by atoms with Crippen molar-refractivity contribution < 1.29 is 9.18 Å². The molecule has 0 bridgehead atoms. The Labute approximate surface area is 167 Å². The first kappa shape index (κ1) is 20.5. The number of likely N-dealkylation sites (tertiary alicyclic amines) is 1. The Kier molecular flexibility index (Phi) is 6.79. The van der Waals surface area contributed by atoms with E-state index >= 15 is 0 Å². The van der Waals surface area contributed by atoms with Gasteiger partial charge in [-0.1, -0.05) is 26.0 Å². The molecule has 1 amide bonds. The van der Waals surface area contributed by atoms with Gasteiger partial charge < -0.3 is 10.2 Å². The first-order valence-corrected chi connectivity index (χ1v) is 10.1. The van der Waals surface area contributed by atoms with E-state index in [1.165, 1.54) is 12.1 Å². The van der Waals surface area contributed by atoms with Crippen LogP contribution < -0.4 is 5.32 Å². The van der Waals surface area contributed by atoms with Crippen LogP contribution in [0.25, 0.3) is 0 Å². The average molecular weight is 384 g/mol. The maximum absolute atomic E-state index is 13.0. The number of carbonyl (C=O) groups is 1. The smallest absolute Gasteiger partial charge is 0.253 e. The highest BCUT2D eigenvalue weighted by Crippen LogP contribution is 2.29. The maximum atomic E-state index is 13.0. The molecule has 1 aromatic heterocycles. The Balaban J connectivity index is 1.68. The Bertz CT molecular complexity index is 796. The van der Waals surface area contributed by atoms with E-state index in [2.05, 4.69) is 24.1 Å². The second-order valence-corrected chi connectivity index (χ2v) is 8.16. The lowest BCUT2D eigenvalue weighted by atomic mass is 9.89. The van der Waals surface area contributed by atoms with Crippen LogP contribution in [-0.2, 0) is 6.54 Å². The average Bonchev–Trinajstić information content (AvgIpc) is 2.67. The summed E-state index contributed by atoms with van der Waals surface area (Å²) in [6.45, 7) is 10.1. The minimum atomic E-state index is -0.274. The molecule has 1 aromatic carbocycles. The minimum Gasteiger partial charge on any atom is -0.348 e. The lowest BCUT2D eigenvalue weighted by Crippen LogP contribution is -2.36. The molecule has 150 valence electrons. The number of hydrogen-bond acceptors (Lipinski definition) is 3. The fourth-order valence-electron chi connectivity index (χ4n) is 3.87. The van der Waals surface area contributed by atoms with E-state index in [-0.39, 0.29) is 11.7 Å². The molecule has 0 aliphatic carbocycles. The summed E-state index contributed by atoms with van der Waals surface area (Å²) in [6, 6.07) is 9.97. The van der Waals surface area contributed by atoms with E-state index in [1.807, 2.05) is 19.1 Å². The van der Waals surface area contributed by atoms with Crippen molar-refractivity contribution in [2.45, 2.75) is 46.1 Å². The lowest BCUT2D eigenvalue weighted by Gasteiger charge is -2.33. The van der Waals surface area contributed by atoms with Crippen molar-refractivity contribution in [3.05, 3.63) is 64.7 Å². The summed E-state index contributed by atoms with van der Waals surface area (Å²) in [5.74, 6) is 0.594. The molecular formula is C23H30FN3O. The van der Waals surface area contributed by atoms with Gasteiger partial charge in [0.25, 0.3) is 5.91 Å². The van der Waals surface area contributed by atoms with Crippen LogP contribution in [0, 0.1) is 18.7 Å². The summed E-state index contributed by atoms with van der Waals surface area (Å²) in [6.07, 6.45) is 2.06. The molecule has 0 saturated carbocycles. The van der Waals surface area contributed by atoms with E-state index in [9.17, 15) is 9.18 Å². The first-order valence-electron chi connectivity index (χ1n) is 10.1. The molecule has 28 heavy (non-hydrogen) atoms. The second kappa shape index (κ2) is 9.28. The maximum Gasteiger partial charge on any atom is 0.253 e. The number of carbonyl (C=O) groups excluding carboxylic acids is 1. The van der Waals surface area contributed by atoms with Crippen molar-refractivity contribution in [1.29, 1.82) is 0 Å². The molecule has 1 aliphatic rings. The summed E-state index contributed by atoms with van der Waals surface area (Å²) in [4.78, 5) is 20.1. The molecule has 2 heterocycles. The third-order valence-electron chi connectivity index (χ3n) is 5.27. The predicted octanol–water partition coefficient (Wildman–Crippen LogP) is 4.29. The molecule has 1 N–H and O–H groups in total. The van der Waals surface area contributed by atoms with Gasteiger partial charge in [-0.3, -0.25) is 9.78 Å². The van der Waals surface area contributed by atoms with E-state index in [0.717, 1.165) is 49.4 Å². The highest BCUT2D eigenvalue weighted by Gasteiger charge is 2.26. The summed E-state index contributed by atoms with van der Waals surface area (Å²) in [5.41, 5.74) is 3.39. The highest BCUT2D eigenvalue weighted by molar-refractivity contribution is 5.95. The van der Waals surface area contributed by atoms with Crippen molar-refractivity contribution >= 4 is 5.91 Å². The third-order valence-corrected chi connectivity index (χ3v) is 5.27. The molecule has 1 aliphatic heterocycles. The number of nitrogens with zero attached hydrogens (tertiary/aromatic N) is 2. The van der Waals surface area contributed by atoms with Gasteiger partial charge in [0.1, 0.15) is 5.82 Å². The van der Waals surface area contributed by atoms with E-state index in [1.54, 1.807) is 12.1 Å². The first-order chi connectivity index (χ1) is 13.4. The third kappa shape index (κ3) is 5.38. The molecule has 0 unspecified atom stereocenters. The summed E-state index contributed by atoms with van der Waals surface area (Å²) in [5, 5.41) is 2.96. The van der Waals surface area contributed by atoms with Crippen LogP contribution in [0.4, 0.5) is 4.39 Å². The normalized spacial score (nSPS) is 15.8. The van der Waals surface area contributed by atoms with Gasteiger partial charge in [0.15, 0.2) is 0 Å². The molecule has 1 saturated heterocycles. The van der Waals surface area contributed by atoms with Gasteiger partial charge in [-0.15, -0.1) is 0 Å². The lowest BCUT2D eigenvalue weighted by molar-refractivity contribution is 0.0948. The zero-order chi connectivity index (χ0) is 20.1. The van der Waals surface area contributed by atoms with Gasteiger partial charge >= 0.3 is 0 Å². The summed E-state index contributed by atoms with van der Waals surface area (Å²) >= 11 is 0. The van der Waals surface area contributed by atoms with Crippen LogP contribution in [-0.4, -0.2) is 35.4 Å². The SMILES string of the molecule is Cc1ccc(C(=O)NCc2ccc(F)cc2)c(C2CCN(CC(C)C)CC2)n1. The molecule has 3 rings (SSSR count). The number of piperidine rings is 1. The van der Waals surface area contributed by atoms with Crippen molar-refractivity contribution in [3.8, 4) is 0 Å².